The predicted molar refractivity (Wildman–Crippen MR) is 152 cm³/mol. The van der Waals surface area contributed by atoms with Crippen LogP contribution in [0, 0.1) is 44.8 Å². The Balaban J connectivity index is 1.45. The first-order chi connectivity index (χ1) is 18.4. The Morgan fingerprint density at radius 1 is 1.00 bits per heavy atom. The fourth-order valence-electron chi connectivity index (χ4n) is 11.3. The SMILES string of the molecule is CC=C(C)C(=O)O[C@@H]1CC(C)(C)C[C@H]2C3=CC[C@@H]4[C@]56CC[C@](O)(O5)C(C)(C)[C@@H]6CC[C@@]4(C)[C@]3(C)CC[C@@]12C(=O)O. The zero-order valence-corrected chi connectivity index (χ0v) is 25.9. The molecule has 4 aliphatic carbocycles. The number of esters is 1. The highest BCUT2D eigenvalue weighted by Gasteiger charge is 2.78. The summed E-state index contributed by atoms with van der Waals surface area (Å²) in [6.45, 7) is 17.1. The lowest BCUT2D eigenvalue weighted by molar-refractivity contribution is -0.242. The van der Waals surface area contributed by atoms with Crippen LogP contribution in [0.1, 0.15) is 113 Å². The van der Waals surface area contributed by atoms with Crippen molar-refractivity contribution in [1.29, 1.82) is 0 Å². The van der Waals surface area contributed by atoms with Crippen LogP contribution in [0.5, 0.6) is 0 Å². The van der Waals surface area contributed by atoms with E-state index in [4.69, 9.17) is 9.47 Å². The Morgan fingerprint density at radius 2 is 1.70 bits per heavy atom. The van der Waals surface area contributed by atoms with Crippen LogP contribution in [0.2, 0.25) is 0 Å². The largest absolute Gasteiger partial charge is 0.481 e. The Bertz CT molecular complexity index is 1210. The van der Waals surface area contributed by atoms with E-state index in [1.165, 1.54) is 5.57 Å². The monoisotopic (exact) mass is 554 g/mol. The van der Waals surface area contributed by atoms with Crippen LogP contribution in [0.4, 0.5) is 0 Å². The Kier molecular flexibility index (Phi) is 5.87. The summed E-state index contributed by atoms with van der Waals surface area (Å²) in [5, 5.41) is 22.5. The molecule has 0 aromatic heterocycles. The van der Waals surface area contributed by atoms with Crippen molar-refractivity contribution in [3.05, 3.63) is 23.3 Å². The summed E-state index contributed by atoms with van der Waals surface area (Å²) in [6.07, 6.45) is 10.5. The van der Waals surface area contributed by atoms with Gasteiger partial charge in [-0.25, -0.2) is 4.79 Å². The molecule has 0 aromatic rings. The third-order valence-electron chi connectivity index (χ3n) is 14.0. The van der Waals surface area contributed by atoms with Crippen molar-refractivity contribution in [1.82, 2.24) is 0 Å². The Morgan fingerprint density at radius 3 is 2.35 bits per heavy atom. The highest BCUT2D eigenvalue weighted by atomic mass is 16.7. The zero-order chi connectivity index (χ0) is 29.3. The van der Waals surface area contributed by atoms with Crippen molar-refractivity contribution in [3.8, 4) is 0 Å². The van der Waals surface area contributed by atoms with Crippen LogP contribution < -0.4 is 0 Å². The number of hydrogen-bond donors (Lipinski definition) is 2. The first-order valence-corrected chi connectivity index (χ1v) is 15.6. The number of aliphatic hydroxyl groups is 1. The molecule has 2 bridgehead atoms. The van der Waals surface area contributed by atoms with Crippen LogP contribution in [0.25, 0.3) is 0 Å². The molecule has 6 aliphatic rings. The molecule has 0 aromatic carbocycles. The van der Waals surface area contributed by atoms with Crippen LogP contribution in [0.15, 0.2) is 23.3 Å². The van der Waals surface area contributed by atoms with E-state index in [1.807, 2.05) is 6.92 Å². The van der Waals surface area contributed by atoms with Gasteiger partial charge in [-0.1, -0.05) is 59.3 Å². The van der Waals surface area contributed by atoms with Crippen molar-refractivity contribution in [2.75, 3.05) is 0 Å². The average molecular weight is 555 g/mol. The van der Waals surface area contributed by atoms with E-state index in [0.29, 0.717) is 30.8 Å². The molecule has 6 nitrogen and oxygen atoms in total. The highest BCUT2D eigenvalue weighted by Crippen LogP contribution is 2.78. The molecule has 6 rings (SSSR count). The molecule has 2 aliphatic heterocycles. The van der Waals surface area contributed by atoms with E-state index < -0.39 is 29.2 Å². The summed E-state index contributed by atoms with van der Waals surface area (Å²) in [5.74, 6) is -1.88. The minimum atomic E-state index is -1.12. The molecular weight excluding hydrogens is 504 g/mol. The van der Waals surface area contributed by atoms with E-state index in [9.17, 15) is 19.8 Å². The van der Waals surface area contributed by atoms with Crippen LogP contribution in [-0.4, -0.2) is 39.6 Å². The van der Waals surface area contributed by atoms with Crippen molar-refractivity contribution >= 4 is 11.9 Å². The summed E-state index contributed by atoms with van der Waals surface area (Å²) < 4.78 is 12.9. The first kappa shape index (κ1) is 28.5. The molecule has 0 unspecified atom stereocenters. The summed E-state index contributed by atoms with van der Waals surface area (Å²) >= 11 is 0. The van der Waals surface area contributed by atoms with Gasteiger partial charge in [-0.05, 0) is 93.3 Å². The van der Waals surface area contributed by atoms with Gasteiger partial charge in [0, 0.05) is 23.3 Å². The molecule has 3 saturated carbocycles. The summed E-state index contributed by atoms with van der Waals surface area (Å²) in [6, 6.07) is 0. The molecule has 1 spiro atoms. The number of carbonyl (C=O) groups is 2. The van der Waals surface area contributed by atoms with Gasteiger partial charge in [-0.3, -0.25) is 4.79 Å². The van der Waals surface area contributed by atoms with Gasteiger partial charge in [0.2, 0.25) is 0 Å². The van der Waals surface area contributed by atoms with Gasteiger partial charge >= 0.3 is 11.9 Å². The molecule has 0 radical (unpaired) electrons. The number of fused-ring (bicyclic) bond motifs is 6. The van der Waals surface area contributed by atoms with E-state index in [1.54, 1.807) is 13.0 Å². The van der Waals surface area contributed by atoms with Crippen molar-refractivity contribution in [2.45, 2.75) is 131 Å². The van der Waals surface area contributed by atoms with Gasteiger partial charge in [0.25, 0.3) is 0 Å². The van der Waals surface area contributed by atoms with Gasteiger partial charge in [-0.15, -0.1) is 0 Å². The van der Waals surface area contributed by atoms with E-state index in [0.717, 1.165) is 38.5 Å². The van der Waals surface area contributed by atoms with Crippen molar-refractivity contribution < 1.29 is 29.3 Å². The number of ether oxygens (including phenoxy) is 2. The fraction of sp³-hybridized carbons (Fsp3) is 0.824. The molecule has 2 heterocycles. The summed E-state index contributed by atoms with van der Waals surface area (Å²) in [4.78, 5) is 26.4. The van der Waals surface area contributed by atoms with Gasteiger partial charge < -0.3 is 19.7 Å². The van der Waals surface area contributed by atoms with Crippen molar-refractivity contribution in [2.24, 2.45) is 44.8 Å². The minimum absolute atomic E-state index is 0.0702. The summed E-state index contributed by atoms with van der Waals surface area (Å²) in [7, 11) is 0. The number of carbonyl (C=O) groups excluding carboxylic acids is 1. The lowest BCUT2D eigenvalue weighted by atomic mass is 9.35. The Labute approximate surface area is 240 Å². The lowest BCUT2D eigenvalue weighted by Crippen LogP contribution is -2.66. The average Bonchev–Trinajstić information content (AvgIpc) is 3.29. The van der Waals surface area contributed by atoms with Crippen LogP contribution in [0.3, 0.4) is 0 Å². The van der Waals surface area contributed by atoms with E-state index in [-0.39, 0.29) is 39.1 Å². The number of hydrogen-bond acceptors (Lipinski definition) is 5. The molecule has 40 heavy (non-hydrogen) atoms. The second-order valence-electron chi connectivity index (χ2n) is 16.2. The molecule has 5 fully saturated rings. The molecule has 222 valence electrons. The quantitative estimate of drug-likeness (QED) is 0.226. The van der Waals surface area contributed by atoms with Crippen LogP contribution in [-0.2, 0) is 19.1 Å². The molecule has 2 saturated heterocycles. The number of aliphatic carboxylic acids is 1. The van der Waals surface area contributed by atoms with E-state index >= 15 is 0 Å². The number of carboxylic acids is 1. The van der Waals surface area contributed by atoms with Crippen LogP contribution >= 0.6 is 0 Å². The Hall–Kier alpha value is -1.66. The number of rotatable bonds is 3. The second kappa shape index (κ2) is 8.24. The zero-order valence-electron chi connectivity index (χ0n) is 25.9. The number of allylic oxidation sites excluding steroid dienone is 3. The fourth-order valence-corrected chi connectivity index (χ4v) is 11.3. The van der Waals surface area contributed by atoms with Gasteiger partial charge in [0.1, 0.15) is 11.5 Å². The normalized spacial score (nSPS) is 50.1. The third-order valence-corrected chi connectivity index (χ3v) is 14.0. The molecule has 9 atom stereocenters. The standard InChI is InChI=1S/C34H50O6/c1-9-20(2)26(35)39-25-19-28(3,4)18-22-21-10-11-24-31(8,30(21,7)14-15-32(22,25)27(36)37)13-12-23-29(5,6)34(38)17-16-33(23,24)40-34/h9-10,22-25,38H,11-19H2,1-8H3,(H,36,37)/t22-,23-,24-,25+,30+,31+,32-,33+,34-/m0/s1. The maximum absolute atomic E-state index is 13.4. The first-order valence-electron chi connectivity index (χ1n) is 15.6. The maximum Gasteiger partial charge on any atom is 0.333 e. The smallest absolute Gasteiger partial charge is 0.333 e. The molecule has 0 amide bonds. The lowest BCUT2D eigenvalue weighted by Gasteiger charge is -2.68. The molecular formula is C34H50O6. The third kappa shape index (κ3) is 3.19. The van der Waals surface area contributed by atoms with Gasteiger partial charge in [0.05, 0.1) is 5.60 Å². The molecule has 6 heteroatoms. The minimum Gasteiger partial charge on any atom is -0.481 e. The maximum atomic E-state index is 13.4. The number of carboxylic acid groups (broad SMARTS) is 1. The highest BCUT2D eigenvalue weighted by molar-refractivity contribution is 5.88. The summed E-state index contributed by atoms with van der Waals surface area (Å²) in [5.41, 5.74) is -0.355. The molecule has 2 N–H and O–H groups in total. The van der Waals surface area contributed by atoms with Crippen molar-refractivity contribution in [3.63, 3.8) is 0 Å². The second-order valence-corrected chi connectivity index (χ2v) is 16.2. The predicted octanol–water partition coefficient (Wildman–Crippen LogP) is 6.81. The topological polar surface area (TPSA) is 93.1 Å². The van der Waals surface area contributed by atoms with E-state index in [2.05, 4.69) is 47.6 Å². The van der Waals surface area contributed by atoms with Gasteiger partial charge in [-0.2, -0.15) is 0 Å². The van der Waals surface area contributed by atoms with Gasteiger partial charge in [0.15, 0.2) is 5.79 Å².